The van der Waals surface area contributed by atoms with E-state index >= 15 is 0 Å². The largest absolute Gasteiger partial charge is 0.462 e. The molecule has 0 saturated carbocycles. The number of esters is 1. The first-order chi connectivity index (χ1) is 10.6. The molecule has 0 unspecified atom stereocenters. The third-order valence-electron chi connectivity index (χ3n) is 3.83. The number of carbonyl (C=O) groups excluding carboxylic acids is 1. The predicted octanol–water partition coefficient (Wildman–Crippen LogP) is 2.56. The highest BCUT2D eigenvalue weighted by Crippen LogP contribution is 2.28. The van der Waals surface area contributed by atoms with Crippen molar-refractivity contribution in [3.63, 3.8) is 0 Å². The van der Waals surface area contributed by atoms with Gasteiger partial charge in [-0.2, -0.15) is 0 Å². The maximum absolute atomic E-state index is 12.1. The first-order valence-electron chi connectivity index (χ1n) is 7.70. The molecule has 1 aromatic carbocycles. The number of ether oxygens (including phenoxy) is 1. The number of anilines is 1. The molecule has 0 aromatic heterocycles. The minimum Gasteiger partial charge on any atom is -0.462 e. The van der Waals surface area contributed by atoms with Crippen LogP contribution >= 0.6 is 15.9 Å². The van der Waals surface area contributed by atoms with Crippen LogP contribution in [0.4, 0.5) is 5.69 Å². The number of nitrogens with zero attached hydrogens (tertiary/aromatic N) is 1. The monoisotopic (exact) mass is 370 g/mol. The SMILES string of the molecule is Nc1c(Br)cc(C(=O)OCCCCO)cc1CN1CCCC1. The fraction of sp³-hybridized carbons (Fsp3) is 0.562. The van der Waals surface area contributed by atoms with E-state index in [1.165, 1.54) is 12.8 Å². The Balaban J connectivity index is 2.04. The molecule has 1 heterocycles. The van der Waals surface area contributed by atoms with Gasteiger partial charge in [-0.15, -0.1) is 0 Å². The Morgan fingerprint density at radius 1 is 1.32 bits per heavy atom. The van der Waals surface area contributed by atoms with Crippen LogP contribution in [0.2, 0.25) is 0 Å². The molecular formula is C16H23BrN2O3. The summed E-state index contributed by atoms with van der Waals surface area (Å²) in [5, 5.41) is 8.72. The van der Waals surface area contributed by atoms with Crippen LogP contribution in [0.25, 0.3) is 0 Å². The molecule has 6 heteroatoms. The summed E-state index contributed by atoms with van der Waals surface area (Å²) in [4.78, 5) is 14.4. The van der Waals surface area contributed by atoms with Gasteiger partial charge in [-0.1, -0.05) is 0 Å². The molecule has 1 aliphatic rings. The second-order valence-corrected chi connectivity index (χ2v) is 6.44. The summed E-state index contributed by atoms with van der Waals surface area (Å²) >= 11 is 3.42. The second kappa shape index (κ2) is 8.50. The molecule has 0 bridgehead atoms. The third kappa shape index (κ3) is 4.69. The first kappa shape index (κ1) is 17.2. The van der Waals surface area contributed by atoms with Crippen molar-refractivity contribution in [1.82, 2.24) is 4.90 Å². The van der Waals surface area contributed by atoms with Crippen LogP contribution < -0.4 is 5.73 Å². The van der Waals surface area contributed by atoms with Gasteiger partial charge in [0.25, 0.3) is 0 Å². The zero-order chi connectivity index (χ0) is 15.9. The van der Waals surface area contributed by atoms with Gasteiger partial charge in [0.15, 0.2) is 0 Å². The molecule has 0 atom stereocenters. The van der Waals surface area contributed by atoms with Crippen molar-refractivity contribution in [3.05, 3.63) is 27.7 Å². The summed E-state index contributed by atoms with van der Waals surface area (Å²) in [6.45, 7) is 3.35. The molecule has 3 N–H and O–H groups in total. The van der Waals surface area contributed by atoms with E-state index in [0.29, 0.717) is 30.7 Å². The zero-order valence-corrected chi connectivity index (χ0v) is 14.3. The Labute approximate surface area is 139 Å². The molecule has 0 radical (unpaired) electrons. The van der Waals surface area contributed by atoms with Gasteiger partial charge in [0, 0.05) is 17.6 Å². The molecule has 5 nitrogen and oxygen atoms in total. The van der Waals surface area contributed by atoms with Gasteiger partial charge in [0.2, 0.25) is 0 Å². The van der Waals surface area contributed by atoms with Crippen molar-refractivity contribution in [3.8, 4) is 0 Å². The first-order valence-corrected chi connectivity index (χ1v) is 8.49. The van der Waals surface area contributed by atoms with Crippen molar-refractivity contribution in [2.45, 2.75) is 32.2 Å². The summed E-state index contributed by atoms with van der Waals surface area (Å²) in [6.07, 6.45) is 3.74. The number of aliphatic hydroxyl groups excluding tert-OH is 1. The molecule has 0 aliphatic carbocycles. The Bertz CT molecular complexity index is 516. The number of hydrogen-bond acceptors (Lipinski definition) is 5. The average molecular weight is 371 g/mol. The smallest absolute Gasteiger partial charge is 0.338 e. The molecule has 2 rings (SSSR count). The number of carbonyl (C=O) groups is 1. The minimum atomic E-state index is -0.346. The van der Waals surface area contributed by atoms with Crippen molar-refractivity contribution in [1.29, 1.82) is 0 Å². The molecule has 22 heavy (non-hydrogen) atoms. The van der Waals surface area contributed by atoms with E-state index in [9.17, 15) is 4.79 Å². The summed E-state index contributed by atoms with van der Waals surface area (Å²) in [6, 6.07) is 3.53. The van der Waals surface area contributed by atoms with Crippen molar-refractivity contribution < 1.29 is 14.6 Å². The highest BCUT2D eigenvalue weighted by Gasteiger charge is 2.17. The molecule has 1 saturated heterocycles. The Morgan fingerprint density at radius 2 is 2.05 bits per heavy atom. The highest BCUT2D eigenvalue weighted by atomic mass is 79.9. The maximum atomic E-state index is 12.1. The van der Waals surface area contributed by atoms with Gasteiger partial charge in [-0.25, -0.2) is 4.79 Å². The molecule has 1 aromatic rings. The van der Waals surface area contributed by atoms with E-state index in [1.807, 2.05) is 6.07 Å². The lowest BCUT2D eigenvalue weighted by molar-refractivity contribution is 0.0492. The van der Waals surface area contributed by atoms with Crippen LogP contribution in [0.3, 0.4) is 0 Å². The number of nitrogen functional groups attached to an aromatic ring is 1. The lowest BCUT2D eigenvalue weighted by Gasteiger charge is -2.17. The average Bonchev–Trinajstić information content (AvgIpc) is 3.01. The minimum absolute atomic E-state index is 0.116. The normalized spacial score (nSPS) is 15.2. The van der Waals surface area contributed by atoms with Crippen LogP contribution in [0.15, 0.2) is 16.6 Å². The number of benzene rings is 1. The van der Waals surface area contributed by atoms with Crippen LogP contribution in [0.1, 0.15) is 41.6 Å². The number of halogens is 1. The topological polar surface area (TPSA) is 75.8 Å². The third-order valence-corrected chi connectivity index (χ3v) is 4.49. The zero-order valence-electron chi connectivity index (χ0n) is 12.7. The molecule has 122 valence electrons. The summed E-state index contributed by atoms with van der Waals surface area (Å²) < 4.78 is 5.95. The second-order valence-electron chi connectivity index (χ2n) is 5.58. The predicted molar refractivity (Wildman–Crippen MR) is 89.7 cm³/mol. The lowest BCUT2D eigenvalue weighted by Crippen LogP contribution is -2.20. The van der Waals surface area contributed by atoms with Crippen LogP contribution in [-0.4, -0.2) is 42.3 Å². The van der Waals surface area contributed by atoms with Gasteiger partial charge in [0.1, 0.15) is 0 Å². The van der Waals surface area contributed by atoms with Gasteiger partial charge in [-0.05, 0) is 72.4 Å². The molecular weight excluding hydrogens is 348 g/mol. The molecule has 1 fully saturated rings. The number of unbranched alkanes of at least 4 members (excludes halogenated alkanes) is 1. The van der Waals surface area contributed by atoms with E-state index in [2.05, 4.69) is 20.8 Å². The summed E-state index contributed by atoms with van der Waals surface area (Å²) in [5.74, 6) is -0.346. The molecule has 1 aliphatic heterocycles. The van der Waals surface area contributed by atoms with Crippen molar-refractivity contribution in [2.75, 3.05) is 32.0 Å². The number of hydrogen-bond donors (Lipinski definition) is 2. The Kier molecular flexibility index (Phi) is 6.67. The van der Waals surface area contributed by atoms with E-state index in [0.717, 1.165) is 29.7 Å². The standard InChI is InChI=1S/C16H23BrN2O3/c17-14-10-12(16(21)22-8-4-3-7-20)9-13(15(14)18)11-19-5-1-2-6-19/h9-10,20H,1-8,11,18H2. The van der Waals surface area contributed by atoms with E-state index in [4.69, 9.17) is 15.6 Å². The van der Waals surface area contributed by atoms with Gasteiger partial charge >= 0.3 is 5.97 Å². The lowest BCUT2D eigenvalue weighted by atomic mass is 10.1. The van der Waals surface area contributed by atoms with Gasteiger partial charge < -0.3 is 15.6 Å². The number of nitrogens with two attached hydrogens (primary N) is 1. The Morgan fingerprint density at radius 3 is 2.73 bits per heavy atom. The maximum Gasteiger partial charge on any atom is 0.338 e. The fourth-order valence-electron chi connectivity index (χ4n) is 2.57. The van der Waals surface area contributed by atoms with E-state index < -0.39 is 0 Å². The van der Waals surface area contributed by atoms with Crippen LogP contribution in [0.5, 0.6) is 0 Å². The summed E-state index contributed by atoms with van der Waals surface area (Å²) in [7, 11) is 0. The number of rotatable bonds is 7. The quantitative estimate of drug-likeness (QED) is 0.438. The van der Waals surface area contributed by atoms with Gasteiger partial charge in [-0.3, -0.25) is 4.90 Å². The fourth-order valence-corrected chi connectivity index (χ4v) is 3.07. The van der Waals surface area contributed by atoms with Crippen LogP contribution in [0, 0.1) is 0 Å². The van der Waals surface area contributed by atoms with E-state index in [-0.39, 0.29) is 12.6 Å². The van der Waals surface area contributed by atoms with Gasteiger partial charge in [0.05, 0.1) is 17.9 Å². The highest BCUT2D eigenvalue weighted by molar-refractivity contribution is 9.10. The van der Waals surface area contributed by atoms with Crippen molar-refractivity contribution in [2.24, 2.45) is 0 Å². The van der Waals surface area contributed by atoms with Crippen LogP contribution in [-0.2, 0) is 11.3 Å². The molecule has 0 amide bonds. The number of aliphatic hydroxyl groups is 1. The Hall–Kier alpha value is -1.11. The summed E-state index contributed by atoms with van der Waals surface area (Å²) in [5.41, 5.74) is 8.27. The van der Waals surface area contributed by atoms with E-state index in [1.54, 1.807) is 6.07 Å². The number of likely N-dealkylation sites (tertiary alicyclic amines) is 1. The molecule has 0 spiro atoms. The van der Waals surface area contributed by atoms with Crippen molar-refractivity contribution >= 4 is 27.6 Å².